The zero-order valence-electron chi connectivity index (χ0n) is 19.1. The lowest BCUT2D eigenvalue weighted by Gasteiger charge is -2.41. The van der Waals surface area contributed by atoms with E-state index in [0.717, 1.165) is 35.5 Å². The minimum atomic E-state index is -0.300. The quantitative estimate of drug-likeness (QED) is 0.523. The van der Waals surface area contributed by atoms with Crippen molar-refractivity contribution >= 4 is 40.7 Å². The maximum Gasteiger partial charge on any atom is 0.260 e. The smallest absolute Gasteiger partial charge is 0.260 e. The molecule has 0 saturated heterocycles. The number of pyridine rings is 1. The summed E-state index contributed by atoms with van der Waals surface area (Å²) in [6.07, 6.45) is 2.10. The minimum absolute atomic E-state index is 0.0757. The van der Waals surface area contributed by atoms with E-state index in [0.29, 0.717) is 29.0 Å². The van der Waals surface area contributed by atoms with Gasteiger partial charge in [-0.05, 0) is 68.1 Å². The molecule has 2 aliphatic heterocycles. The van der Waals surface area contributed by atoms with Gasteiger partial charge in [0.2, 0.25) is 5.91 Å². The van der Waals surface area contributed by atoms with E-state index in [1.165, 1.54) is 0 Å². The molecule has 3 heterocycles. The molecule has 0 N–H and O–H groups in total. The number of hydrogen-bond donors (Lipinski definition) is 0. The van der Waals surface area contributed by atoms with Gasteiger partial charge in [0.1, 0.15) is 11.9 Å². The molecule has 0 bridgehead atoms. The number of rotatable bonds is 4. The molecule has 3 aromatic rings. The van der Waals surface area contributed by atoms with Gasteiger partial charge in [-0.3, -0.25) is 14.5 Å². The van der Waals surface area contributed by atoms with Gasteiger partial charge in [0.15, 0.2) is 5.82 Å². The minimum Gasteiger partial charge on any atom is -0.340 e. The number of hydrogen-bond acceptors (Lipinski definition) is 4. The van der Waals surface area contributed by atoms with E-state index < -0.39 is 0 Å². The number of aromatic nitrogens is 1. The van der Waals surface area contributed by atoms with Crippen molar-refractivity contribution in [2.75, 3.05) is 21.2 Å². The Morgan fingerprint density at radius 3 is 2.44 bits per heavy atom. The van der Waals surface area contributed by atoms with E-state index in [-0.39, 0.29) is 23.9 Å². The Kier molecular flexibility index (Phi) is 4.88. The number of amides is 2. The molecule has 1 saturated carbocycles. The van der Waals surface area contributed by atoms with Crippen LogP contribution >= 0.6 is 11.6 Å². The molecule has 172 valence electrons. The highest BCUT2D eigenvalue weighted by Gasteiger charge is 2.45. The van der Waals surface area contributed by atoms with Crippen LogP contribution in [0.2, 0.25) is 5.02 Å². The first-order chi connectivity index (χ1) is 16.5. The number of carbonyl (C=O) groups excluding carboxylic acids is 2. The predicted molar refractivity (Wildman–Crippen MR) is 134 cm³/mol. The zero-order valence-corrected chi connectivity index (χ0v) is 19.9. The molecule has 7 heteroatoms. The Balaban J connectivity index is 1.51. The molecule has 6 rings (SSSR count). The topological polar surface area (TPSA) is 56.8 Å². The summed E-state index contributed by atoms with van der Waals surface area (Å²) in [6, 6.07) is 18.9. The lowest BCUT2D eigenvalue weighted by Crippen LogP contribution is -2.53. The number of likely N-dealkylation sites (N-methyl/N-ethyl adjacent to an activating group) is 1. The summed E-state index contributed by atoms with van der Waals surface area (Å²) < 4.78 is 0. The highest BCUT2D eigenvalue weighted by Crippen LogP contribution is 2.45. The number of benzene rings is 2. The highest BCUT2D eigenvalue weighted by molar-refractivity contribution is 6.30. The summed E-state index contributed by atoms with van der Waals surface area (Å²) >= 11 is 6.15. The normalized spacial score (nSPS) is 21.7. The number of fused-ring (bicyclic) bond motifs is 2. The van der Waals surface area contributed by atoms with E-state index in [2.05, 4.69) is 4.90 Å². The summed E-state index contributed by atoms with van der Waals surface area (Å²) in [6.45, 7) is 4.51. The Morgan fingerprint density at radius 2 is 1.74 bits per heavy atom. The standard InChI is InChI=1S/C27H25ClN4O2/c1-3-30-22-14-15-23(29-25(22)31(19-12-13-19)16(2)26(30)33)32-24(17-8-10-18(28)11-9-17)20-6-4-5-7-21(20)27(32)34/h4-11,14-16,19,24H,3,12-13H2,1-2H3. The van der Waals surface area contributed by atoms with Crippen LogP contribution < -0.4 is 14.7 Å². The van der Waals surface area contributed by atoms with Gasteiger partial charge in [-0.2, -0.15) is 0 Å². The molecule has 2 amide bonds. The SMILES string of the molecule is CCN1C(=O)C(C)N(C2CC2)c2nc(N3C(=O)c4ccccc4C3c3ccc(Cl)cc3)ccc21. The second-order valence-corrected chi connectivity index (χ2v) is 9.56. The molecule has 3 aliphatic rings. The first kappa shape index (κ1) is 21.2. The Morgan fingerprint density at radius 1 is 1.00 bits per heavy atom. The number of halogens is 1. The molecule has 1 aliphatic carbocycles. The van der Waals surface area contributed by atoms with Crippen LogP contribution in [-0.4, -0.2) is 35.4 Å². The average Bonchev–Trinajstić information content (AvgIpc) is 3.64. The Bertz CT molecular complexity index is 1300. The fraction of sp³-hybridized carbons (Fsp3) is 0.296. The monoisotopic (exact) mass is 472 g/mol. The third-order valence-electron chi connectivity index (χ3n) is 7.07. The average molecular weight is 473 g/mol. The van der Waals surface area contributed by atoms with Crippen molar-refractivity contribution < 1.29 is 9.59 Å². The zero-order chi connectivity index (χ0) is 23.6. The third kappa shape index (κ3) is 3.12. The van der Waals surface area contributed by atoms with Gasteiger partial charge in [0.05, 0.1) is 11.7 Å². The fourth-order valence-electron chi connectivity index (χ4n) is 5.31. The summed E-state index contributed by atoms with van der Waals surface area (Å²) in [4.78, 5) is 37.5. The van der Waals surface area contributed by atoms with Crippen molar-refractivity contribution in [3.63, 3.8) is 0 Å². The lowest BCUT2D eigenvalue weighted by molar-refractivity contribution is -0.119. The van der Waals surface area contributed by atoms with Crippen LogP contribution in [0.3, 0.4) is 0 Å². The van der Waals surface area contributed by atoms with Gasteiger partial charge < -0.3 is 9.80 Å². The van der Waals surface area contributed by atoms with E-state index in [4.69, 9.17) is 16.6 Å². The first-order valence-electron chi connectivity index (χ1n) is 11.8. The van der Waals surface area contributed by atoms with Gasteiger partial charge in [-0.1, -0.05) is 41.9 Å². The number of anilines is 3. The lowest BCUT2D eigenvalue weighted by atomic mass is 9.98. The van der Waals surface area contributed by atoms with Gasteiger partial charge in [-0.25, -0.2) is 4.98 Å². The van der Waals surface area contributed by atoms with Crippen LogP contribution in [0.4, 0.5) is 17.3 Å². The van der Waals surface area contributed by atoms with Crippen molar-refractivity contribution in [3.05, 3.63) is 82.4 Å². The second-order valence-electron chi connectivity index (χ2n) is 9.13. The summed E-state index contributed by atoms with van der Waals surface area (Å²) in [5.41, 5.74) is 3.42. The second kappa shape index (κ2) is 7.84. The summed E-state index contributed by atoms with van der Waals surface area (Å²) in [5, 5.41) is 0.651. The van der Waals surface area contributed by atoms with E-state index in [1.54, 1.807) is 9.80 Å². The van der Waals surface area contributed by atoms with Gasteiger partial charge >= 0.3 is 0 Å². The molecule has 2 aromatic carbocycles. The van der Waals surface area contributed by atoms with Crippen LogP contribution in [0.25, 0.3) is 0 Å². The van der Waals surface area contributed by atoms with E-state index in [1.807, 2.05) is 74.5 Å². The first-order valence-corrected chi connectivity index (χ1v) is 12.2. The molecule has 1 aromatic heterocycles. The maximum absolute atomic E-state index is 13.7. The molecule has 6 nitrogen and oxygen atoms in total. The predicted octanol–water partition coefficient (Wildman–Crippen LogP) is 5.21. The van der Waals surface area contributed by atoms with Crippen molar-refractivity contribution in [3.8, 4) is 0 Å². The van der Waals surface area contributed by atoms with E-state index >= 15 is 0 Å². The van der Waals surface area contributed by atoms with Crippen LogP contribution in [0.1, 0.15) is 54.2 Å². The van der Waals surface area contributed by atoms with Gasteiger partial charge in [-0.15, -0.1) is 0 Å². The molecule has 0 spiro atoms. The molecular weight excluding hydrogens is 448 g/mol. The van der Waals surface area contributed by atoms with Crippen LogP contribution in [0.5, 0.6) is 0 Å². The maximum atomic E-state index is 13.7. The Labute approximate surface area is 203 Å². The molecule has 2 atom stereocenters. The summed E-state index contributed by atoms with van der Waals surface area (Å²) in [7, 11) is 0. The number of carbonyl (C=O) groups is 2. The van der Waals surface area contributed by atoms with Gasteiger partial charge in [0.25, 0.3) is 5.91 Å². The largest absolute Gasteiger partial charge is 0.340 e. The van der Waals surface area contributed by atoms with Crippen LogP contribution in [0, 0.1) is 0 Å². The Hall–Kier alpha value is -3.38. The fourth-order valence-corrected chi connectivity index (χ4v) is 5.43. The van der Waals surface area contributed by atoms with Crippen molar-refractivity contribution in [1.82, 2.24) is 4.98 Å². The summed E-state index contributed by atoms with van der Waals surface area (Å²) in [5.74, 6) is 1.39. The number of nitrogens with zero attached hydrogens (tertiary/aromatic N) is 4. The van der Waals surface area contributed by atoms with Crippen LogP contribution in [-0.2, 0) is 4.79 Å². The molecular formula is C27H25ClN4O2. The molecule has 1 fully saturated rings. The van der Waals surface area contributed by atoms with Crippen LogP contribution in [0.15, 0.2) is 60.7 Å². The molecule has 0 radical (unpaired) electrons. The molecule has 2 unspecified atom stereocenters. The molecule has 34 heavy (non-hydrogen) atoms. The van der Waals surface area contributed by atoms with Crippen molar-refractivity contribution in [2.24, 2.45) is 0 Å². The van der Waals surface area contributed by atoms with Gasteiger partial charge in [0, 0.05) is 23.2 Å². The van der Waals surface area contributed by atoms with Crippen molar-refractivity contribution in [1.29, 1.82) is 0 Å². The third-order valence-corrected chi connectivity index (χ3v) is 7.32. The van der Waals surface area contributed by atoms with Crippen molar-refractivity contribution in [2.45, 2.75) is 44.8 Å². The highest BCUT2D eigenvalue weighted by atomic mass is 35.5. The van der Waals surface area contributed by atoms with E-state index in [9.17, 15) is 9.59 Å².